The highest BCUT2D eigenvalue weighted by molar-refractivity contribution is 5.78. The molecule has 1 aromatic carbocycles. The summed E-state index contributed by atoms with van der Waals surface area (Å²) < 4.78 is 28.2. The molecule has 0 saturated heterocycles. The minimum absolute atomic E-state index is 0.0156. The summed E-state index contributed by atoms with van der Waals surface area (Å²) in [5.74, 6) is 0.198. The highest BCUT2D eigenvalue weighted by Gasteiger charge is 2.09. The Morgan fingerprint density at radius 3 is 2.47 bits per heavy atom. The second-order valence-corrected chi connectivity index (χ2v) is 4.37. The first-order chi connectivity index (χ1) is 9.02. The van der Waals surface area contributed by atoms with E-state index >= 15 is 0 Å². The molecule has 1 atom stereocenters. The maximum Gasteiger partial charge on any atom is 0.387 e. The summed E-state index contributed by atoms with van der Waals surface area (Å²) in [5.41, 5.74) is 0.964. The van der Waals surface area contributed by atoms with Crippen LogP contribution in [0.4, 0.5) is 8.78 Å². The van der Waals surface area contributed by atoms with Crippen LogP contribution in [-0.2, 0) is 11.2 Å². The van der Waals surface area contributed by atoms with Crippen LogP contribution in [0.5, 0.6) is 5.75 Å². The van der Waals surface area contributed by atoms with Crippen molar-refractivity contribution in [3.8, 4) is 5.75 Å². The van der Waals surface area contributed by atoms with Gasteiger partial charge in [0, 0.05) is 12.5 Å². The molecule has 106 valence electrons. The molecule has 1 unspecified atom stereocenters. The van der Waals surface area contributed by atoms with Gasteiger partial charge in [0.25, 0.3) is 0 Å². The fourth-order valence-corrected chi connectivity index (χ4v) is 1.53. The normalized spacial score (nSPS) is 12.3. The minimum Gasteiger partial charge on any atom is -0.435 e. The topological polar surface area (TPSA) is 38.3 Å². The Bertz CT molecular complexity index is 393. The summed E-state index contributed by atoms with van der Waals surface area (Å²) in [6.07, 6.45) is 1.47. The van der Waals surface area contributed by atoms with Gasteiger partial charge in [-0.3, -0.25) is 4.79 Å². The van der Waals surface area contributed by atoms with Crippen LogP contribution in [0.1, 0.15) is 25.8 Å². The Labute approximate surface area is 112 Å². The number of nitrogens with one attached hydrogen (secondary N) is 1. The van der Waals surface area contributed by atoms with Crippen LogP contribution in [0.3, 0.4) is 0 Å². The highest BCUT2D eigenvalue weighted by Crippen LogP contribution is 2.15. The van der Waals surface area contributed by atoms with E-state index in [-0.39, 0.29) is 17.6 Å². The first kappa shape index (κ1) is 15.4. The number of carbonyl (C=O) groups excluding carboxylic acids is 1. The Hall–Kier alpha value is -1.65. The number of benzene rings is 1. The van der Waals surface area contributed by atoms with E-state index in [1.54, 1.807) is 12.1 Å². The molecule has 1 N–H and O–H groups in total. The van der Waals surface area contributed by atoms with Crippen molar-refractivity contribution in [2.75, 3.05) is 6.54 Å². The number of hydrogen-bond acceptors (Lipinski definition) is 2. The standard InChI is InChI=1S/C14H19F2NO2/c1-3-10(2)13(18)17-9-8-11-4-6-12(7-5-11)19-14(15)16/h4-7,10,14H,3,8-9H2,1-2H3,(H,17,18). The van der Waals surface area contributed by atoms with E-state index < -0.39 is 6.61 Å². The SMILES string of the molecule is CCC(C)C(=O)NCCc1ccc(OC(F)F)cc1. The number of alkyl halides is 2. The lowest BCUT2D eigenvalue weighted by atomic mass is 10.1. The lowest BCUT2D eigenvalue weighted by Crippen LogP contribution is -2.30. The van der Waals surface area contributed by atoms with E-state index in [0.717, 1.165) is 12.0 Å². The van der Waals surface area contributed by atoms with Crippen molar-refractivity contribution in [3.63, 3.8) is 0 Å². The molecule has 0 radical (unpaired) electrons. The molecule has 3 nitrogen and oxygen atoms in total. The van der Waals surface area contributed by atoms with Gasteiger partial charge in [-0.2, -0.15) is 8.78 Å². The molecule has 0 aliphatic heterocycles. The Morgan fingerprint density at radius 2 is 1.95 bits per heavy atom. The van der Waals surface area contributed by atoms with Crippen LogP contribution in [0.2, 0.25) is 0 Å². The van der Waals surface area contributed by atoms with Gasteiger partial charge in [-0.05, 0) is 30.5 Å². The fraction of sp³-hybridized carbons (Fsp3) is 0.500. The summed E-state index contributed by atoms with van der Waals surface area (Å²) >= 11 is 0. The van der Waals surface area contributed by atoms with E-state index in [2.05, 4.69) is 10.1 Å². The molecule has 0 aliphatic rings. The van der Waals surface area contributed by atoms with Gasteiger partial charge >= 0.3 is 6.61 Å². The van der Waals surface area contributed by atoms with E-state index in [1.165, 1.54) is 12.1 Å². The van der Waals surface area contributed by atoms with Gasteiger partial charge in [-0.1, -0.05) is 26.0 Å². The van der Waals surface area contributed by atoms with Crippen LogP contribution in [0.25, 0.3) is 0 Å². The van der Waals surface area contributed by atoms with Crippen LogP contribution in [-0.4, -0.2) is 19.1 Å². The van der Waals surface area contributed by atoms with Crippen molar-refractivity contribution in [1.82, 2.24) is 5.32 Å². The molecule has 0 fully saturated rings. The van der Waals surface area contributed by atoms with Gasteiger partial charge in [0.1, 0.15) is 5.75 Å². The second-order valence-electron chi connectivity index (χ2n) is 4.37. The summed E-state index contributed by atoms with van der Waals surface area (Å²) in [6, 6.07) is 6.43. The van der Waals surface area contributed by atoms with Gasteiger partial charge in [0.2, 0.25) is 5.91 Å². The quantitative estimate of drug-likeness (QED) is 0.828. The van der Waals surface area contributed by atoms with Crippen LogP contribution in [0.15, 0.2) is 24.3 Å². The number of rotatable bonds is 7. The molecule has 1 amide bonds. The monoisotopic (exact) mass is 271 g/mol. The van der Waals surface area contributed by atoms with Crippen molar-refractivity contribution in [3.05, 3.63) is 29.8 Å². The zero-order valence-corrected chi connectivity index (χ0v) is 11.2. The zero-order valence-electron chi connectivity index (χ0n) is 11.2. The molecule has 5 heteroatoms. The maximum absolute atomic E-state index is 12.0. The van der Waals surface area contributed by atoms with E-state index in [1.807, 2.05) is 13.8 Å². The molecule has 1 aromatic rings. The predicted molar refractivity (Wildman–Crippen MR) is 69.2 cm³/mol. The zero-order chi connectivity index (χ0) is 14.3. The van der Waals surface area contributed by atoms with Crippen molar-refractivity contribution < 1.29 is 18.3 Å². The third-order valence-electron chi connectivity index (χ3n) is 2.92. The third kappa shape index (κ3) is 5.68. The summed E-state index contributed by atoms with van der Waals surface area (Å²) in [7, 11) is 0. The number of amides is 1. The smallest absolute Gasteiger partial charge is 0.387 e. The predicted octanol–water partition coefficient (Wildman–Crippen LogP) is 2.99. The van der Waals surface area contributed by atoms with Gasteiger partial charge < -0.3 is 10.1 Å². The average molecular weight is 271 g/mol. The Kier molecular flexibility index (Phi) is 6.25. The molecule has 19 heavy (non-hydrogen) atoms. The van der Waals surface area contributed by atoms with Gasteiger partial charge in [-0.15, -0.1) is 0 Å². The number of ether oxygens (including phenoxy) is 1. The minimum atomic E-state index is -2.80. The molecule has 0 saturated carbocycles. The van der Waals surface area contributed by atoms with E-state index in [4.69, 9.17) is 0 Å². The first-order valence-corrected chi connectivity index (χ1v) is 6.34. The number of hydrogen-bond donors (Lipinski definition) is 1. The van der Waals surface area contributed by atoms with Gasteiger partial charge in [-0.25, -0.2) is 0 Å². The van der Waals surface area contributed by atoms with Crippen molar-refractivity contribution in [2.24, 2.45) is 5.92 Å². The van der Waals surface area contributed by atoms with Crippen molar-refractivity contribution in [1.29, 1.82) is 0 Å². The summed E-state index contributed by atoms with van der Waals surface area (Å²) in [5, 5.41) is 2.84. The molecular weight excluding hydrogens is 252 g/mol. The van der Waals surface area contributed by atoms with Crippen LogP contribution in [0, 0.1) is 5.92 Å². The first-order valence-electron chi connectivity index (χ1n) is 6.34. The average Bonchev–Trinajstić information content (AvgIpc) is 2.39. The van der Waals surface area contributed by atoms with Gasteiger partial charge in [0.05, 0.1) is 0 Å². The molecule has 0 heterocycles. The van der Waals surface area contributed by atoms with Crippen LogP contribution >= 0.6 is 0 Å². The molecule has 0 spiro atoms. The number of halogens is 2. The Balaban J connectivity index is 2.36. The van der Waals surface area contributed by atoms with Crippen LogP contribution < -0.4 is 10.1 Å². The maximum atomic E-state index is 12.0. The molecule has 0 bridgehead atoms. The van der Waals surface area contributed by atoms with Crippen molar-refractivity contribution >= 4 is 5.91 Å². The fourth-order valence-electron chi connectivity index (χ4n) is 1.53. The van der Waals surface area contributed by atoms with Crippen molar-refractivity contribution in [2.45, 2.75) is 33.3 Å². The molecule has 0 aromatic heterocycles. The van der Waals surface area contributed by atoms with E-state index in [0.29, 0.717) is 13.0 Å². The second kappa shape index (κ2) is 7.71. The lowest BCUT2D eigenvalue weighted by molar-refractivity contribution is -0.124. The largest absolute Gasteiger partial charge is 0.435 e. The van der Waals surface area contributed by atoms with E-state index in [9.17, 15) is 13.6 Å². The molecule has 0 aliphatic carbocycles. The summed E-state index contributed by atoms with van der Waals surface area (Å²) in [6.45, 7) is 1.58. The Morgan fingerprint density at radius 1 is 1.32 bits per heavy atom. The molecular formula is C14H19F2NO2. The molecule has 1 rings (SSSR count). The highest BCUT2D eigenvalue weighted by atomic mass is 19.3. The number of carbonyl (C=O) groups is 1. The summed E-state index contributed by atoms with van der Waals surface area (Å²) in [4.78, 5) is 11.5. The van der Waals surface area contributed by atoms with Gasteiger partial charge in [0.15, 0.2) is 0 Å². The lowest BCUT2D eigenvalue weighted by Gasteiger charge is -2.10. The third-order valence-corrected chi connectivity index (χ3v) is 2.92.